The van der Waals surface area contributed by atoms with Crippen molar-refractivity contribution in [1.82, 2.24) is 4.90 Å². The first-order valence-electron chi connectivity index (χ1n) is 8.07. The lowest BCUT2D eigenvalue weighted by molar-refractivity contribution is -0.00600. The first-order chi connectivity index (χ1) is 8.64. The van der Waals surface area contributed by atoms with Crippen molar-refractivity contribution in [3.8, 4) is 0 Å². The largest absolute Gasteiger partial charge is 0.329 e. The number of nitrogens with two attached hydrogens (primary N) is 1. The molecule has 19 heavy (non-hydrogen) atoms. The fraction of sp³-hybridized carbons (Fsp3) is 1.00. The molecule has 114 valence electrons. The molecule has 0 radical (unpaired) electrons. The molecule has 1 unspecified atom stereocenters. The van der Waals surface area contributed by atoms with Crippen LogP contribution in [0.1, 0.15) is 67.2 Å². The van der Waals surface area contributed by atoms with Gasteiger partial charge < -0.3 is 5.73 Å². The Balaban J connectivity index is 2.78. The molecule has 0 amide bonds. The van der Waals surface area contributed by atoms with Gasteiger partial charge in [-0.3, -0.25) is 4.90 Å². The molecule has 0 aliphatic heterocycles. The molecule has 1 saturated carbocycles. The van der Waals surface area contributed by atoms with Gasteiger partial charge in [0.25, 0.3) is 0 Å². The van der Waals surface area contributed by atoms with Crippen molar-refractivity contribution < 1.29 is 0 Å². The zero-order valence-corrected chi connectivity index (χ0v) is 14.3. The van der Waals surface area contributed by atoms with Gasteiger partial charge >= 0.3 is 0 Å². The molecular formula is C17H36N2. The van der Waals surface area contributed by atoms with E-state index in [1.54, 1.807) is 0 Å². The second kappa shape index (κ2) is 6.13. The minimum Gasteiger partial charge on any atom is -0.329 e. The summed E-state index contributed by atoms with van der Waals surface area (Å²) in [5, 5.41) is 0. The topological polar surface area (TPSA) is 29.3 Å². The van der Waals surface area contributed by atoms with Gasteiger partial charge in [0.1, 0.15) is 0 Å². The van der Waals surface area contributed by atoms with E-state index in [-0.39, 0.29) is 5.54 Å². The highest BCUT2D eigenvalue weighted by atomic mass is 15.2. The Morgan fingerprint density at radius 1 is 1.16 bits per heavy atom. The average molecular weight is 268 g/mol. The summed E-state index contributed by atoms with van der Waals surface area (Å²) < 4.78 is 0. The molecule has 2 nitrogen and oxygen atoms in total. The highest BCUT2D eigenvalue weighted by molar-refractivity contribution is 4.98. The number of likely N-dealkylation sites (N-methyl/N-ethyl adjacent to an activating group) is 1. The standard InChI is InChI=1S/C17H36N2/c1-13(2)15-8-10-17(12-18,11-9-15)19(7)14(3)16(4,5)6/h13-15H,8-12,18H2,1-7H3. The van der Waals surface area contributed by atoms with Crippen molar-refractivity contribution in [2.45, 2.75) is 78.8 Å². The van der Waals surface area contributed by atoms with E-state index in [0.717, 1.165) is 18.4 Å². The summed E-state index contributed by atoms with van der Waals surface area (Å²) in [7, 11) is 2.29. The van der Waals surface area contributed by atoms with Crippen LogP contribution in [0, 0.1) is 17.3 Å². The van der Waals surface area contributed by atoms with Crippen molar-refractivity contribution in [3.63, 3.8) is 0 Å². The molecule has 1 rings (SSSR count). The third-order valence-electron chi connectivity index (χ3n) is 5.87. The van der Waals surface area contributed by atoms with E-state index in [1.807, 2.05) is 0 Å². The third kappa shape index (κ3) is 3.72. The van der Waals surface area contributed by atoms with Crippen molar-refractivity contribution in [2.75, 3.05) is 13.6 Å². The summed E-state index contributed by atoms with van der Waals surface area (Å²) in [6, 6.07) is 0.562. The molecule has 0 aromatic heterocycles. The molecule has 0 aromatic rings. The molecule has 0 bridgehead atoms. The molecule has 0 spiro atoms. The maximum atomic E-state index is 6.20. The van der Waals surface area contributed by atoms with Crippen LogP contribution in [-0.2, 0) is 0 Å². The number of hydrogen-bond donors (Lipinski definition) is 1. The third-order valence-corrected chi connectivity index (χ3v) is 5.87. The summed E-state index contributed by atoms with van der Waals surface area (Å²) in [5.41, 5.74) is 6.75. The van der Waals surface area contributed by atoms with E-state index in [9.17, 15) is 0 Å². The van der Waals surface area contributed by atoms with Crippen LogP contribution in [0.5, 0.6) is 0 Å². The minimum absolute atomic E-state index is 0.234. The normalized spacial score (nSPS) is 30.9. The Labute approximate surface area is 121 Å². The van der Waals surface area contributed by atoms with Gasteiger partial charge in [0.2, 0.25) is 0 Å². The monoisotopic (exact) mass is 268 g/mol. The van der Waals surface area contributed by atoms with Crippen LogP contribution in [0.2, 0.25) is 0 Å². The summed E-state index contributed by atoms with van der Waals surface area (Å²) in [5.74, 6) is 1.72. The number of rotatable bonds is 4. The van der Waals surface area contributed by atoms with Crippen LogP contribution in [-0.4, -0.2) is 30.1 Å². The molecule has 1 aliphatic rings. The highest BCUT2D eigenvalue weighted by Crippen LogP contribution is 2.41. The van der Waals surface area contributed by atoms with E-state index in [4.69, 9.17) is 5.73 Å². The van der Waals surface area contributed by atoms with Gasteiger partial charge in [0.05, 0.1) is 0 Å². The van der Waals surface area contributed by atoms with Gasteiger partial charge in [-0.15, -0.1) is 0 Å². The van der Waals surface area contributed by atoms with Gasteiger partial charge in [-0.2, -0.15) is 0 Å². The molecule has 1 atom stereocenters. The Kier molecular flexibility index (Phi) is 5.48. The summed E-state index contributed by atoms with van der Waals surface area (Å²) in [6.45, 7) is 14.9. The summed E-state index contributed by atoms with van der Waals surface area (Å²) in [4.78, 5) is 2.59. The Bertz CT molecular complexity index is 269. The average Bonchev–Trinajstić information content (AvgIpc) is 2.35. The second-order valence-corrected chi connectivity index (χ2v) is 8.16. The minimum atomic E-state index is 0.234. The zero-order valence-electron chi connectivity index (χ0n) is 14.3. The van der Waals surface area contributed by atoms with Crippen LogP contribution in [0.3, 0.4) is 0 Å². The Morgan fingerprint density at radius 3 is 1.95 bits per heavy atom. The SMILES string of the molecule is CC(C)C1CCC(CN)(N(C)C(C)C(C)(C)C)CC1. The van der Waals surface area contributed by atoms with Crippen LogP contribution >= 0.6 is 0 Å². The first kappa shape index (κ1) is 17.0. The molecule has 0 saturated heterocycles. The maximum absolute atomic E-state index is 6.20. The first-order valence-corrected chi connectivity index (χ1v) is 8.07. The molecule has 2 N–H and O–H groups in total. The lowest BCUT2D eigenvalue weighted by Gasteiger charge is -2.51. The van der Waals surface area contributed by atoms with Gasteiger partial charge in [-0.1, -0.05) is 34.6 Å². The molecule has 1 fully saturated rings. The van der Waals surface area contributed by atoms with E-state index < -0.39 is 0 Å². The molecule has 2 heteroatoms. The Hall–Kier alpha value is -0.0800. The highest BCUT2D eigenvalue weighted by Gasteiger charge is 2.42. The van der Waals surface area contributed by atoms with Crippen molar-refractivity contribution >= 4 is 0 Å². The van der Waals surface area contributed by atoms with Crippen LogP contribution in [0.4, 0.5) is 0 Å². The van der Waals surface area contributed by atoms with E-state index >= 15 is 0 Å². The van der Waals surface area contributed by atoms with Crippen molar-refractivity contribution in [1.29, 1.82) is 0 Å². The van der Waals surface area contributed by atoms with Gasteiger partial charge in [-0.05, 0) is 56.9 Å². The number of nitrogens with zero attached hydrogens (tertiary/aromatic N) is 1. The van der Waals surface area contributed by atoms with Crippen LogP contribution in [0.15, 0.2) is 0 Å². The summed E-state index contributed by atoms with van der Waals surface area (Å²) >= 11 is 0. The predicted octanol–water partition coefficient (Wildman–Crippen LogP) is 3.90. The molecule has 0 aromatic carbocycles. The van der Waals surface area contributed by atoms with Crippen molar-refractivity contribution in [2.24, 2.45) is 23.0 Å². The van der Waals surface area contributed by atoms with Gasteiger partial charge in [-0.25, -0.2) is 0 Å². The fourth-order valence-corrected chi connectivity index (χ4v) is 3.54. The molecule has 0 heterocycles. The van der Waals surface area contributed by atoms with Crippen LogP contribution in [0.25, 0.3) is 0 Å². The fourth-order valence-electron chi connectivity index (χ4n) is 3.54. The number of hydrogen-bond acceptors (Lipinski definition) is 2. The lowest BCUT2D eigenvalue weighted by atomic mass is 9.71. The van der Waals surface area contributed by atoms with E-state index in [2.05, 4.69) is 53.5 Å². The van der Waals surface area contributed by atoms with Gasteiger partial charge in [0, 0.05) is 18.1 Å². The van der Waals surface area contributed by atoms with Crippen LogP contribution < -0.4 is 5.73 Å². The molecule has 1 aliphatic carbocycles. The van der Waals surface area contributed by atoms with E-state index in [1.165, 1.54) is 25.7 Å². The predicted molar refractivity (Wildman–Crippen MR) is 85.3 cm³/mol. The quantitative estimate of drug-likeness (QED) is 0.838. The smallest absolute Gasteiger partial charge is 0.0331 e. The zero-order chi connectivity index (χ0) is 14.8. The maximum Gasteiger partial charge on any atom is 0.0331 e. The lowest BCUT2D eigenvalue weighted by Crippen LogP contribution is -2.59. The molecular weight excluding hydrogens is 232 g/mol. The Morgan fingerprint density at radius 2 is 1.63 bits per heavy atom. The van der Waals surface area contributed by atoms with E-state index in [0.29, 0.717) is 11.5 Å². The van der Waals surface area contributed by atoms with Crippen molar-refractivity contribution in [3.05, 3.63) is 0 Å². The summed E-state index contributed by atoms with van der Waals surface area (Å²) in [6.07, 6.45) is 5.22. The second-order valence-electron chi connectivity index (χ2n) is 8.16. The van der Waals surface area contributed by atoms with Gasteiger partial charge in [0.15, 0.2) is 0 Å².